The van der Waals surface area contributed by atoms with Gasteiger partial charge in [-0.05, 0) is 36.8 Å². The summed E-state index contributed by atoms with van der Waals surface area (Å²) in [5.41, 5.74) is 7.34. The molecule has 0 atom stereocenters. The summed E-state index contributed by atoms with van der Waals surface area (Å²) in [4.78, 5) is 0. The molecule has 0 aliphatic rings. The number of nitrogens with zero attached hydrogens (tertiary/aromatic N) is 1. The molecule has 6 heteroatoms. The number of nitrogens with two attached hydrogens (primary N) is 1. The van der Waals surface area contributed by atoms with Crippen LogP contribution in [0.4, 0.5) is 14.5 Å². The highest BCUT2D eigenvalue weighted by molar-refractivity contribution is 5.97. The van der Waals surface area contributed by atoms with E-state index in [9.17, 15) is 8.78 Å². The topological polar surface area (TPSA) is 70.6 Å². The van der Waals surface area contributed by atoms with E-state index >= 15 is 0 Å². The van der Waals surface area contributed by atoms with Gasteiger partial charge in [-0.15, -0.1) is 0 Å². The van der Waals surface area contributed by atoms with Crippen molar-refractivity contribution in [3.63, 3.8) is 0 Å². The lowest BCUT2D eigenvalue weighted by atomic mass is 10.1. The molecule has 0 unspecified atom stereocenters. The van der Waals surface area contributed by atoms with E-state index in [0.29, 0.717) is 22.4 Å². The Labute approximate surface area is 120 Å². The molecule has 0 saturated carbocycles. The fourth-order valence-electron chi connectivity index (χ4n) is 1.86. The summed E-state index contributed by atoms with van der Waals surface area (Å²) in [7, 11) is 0. The van der Waals surface area contributed by atoms with Crippen molar-refractivity contribution < 1.29 is 14.0 Å². The number of halogens is 2. The minimum absolute atomic E-state index is 0.150. The number of aryl methyl sites for hydroxylation is 1. The second kappa shape index (κ2) is 6.21. The molecular weight excluding hydrogens is 276 g/mol. The maximum absolute atomic E-state index is 13.9. The molecule has 4 N–H and O–H groups in total. The lowest BCUT2D eigenvalue weighted by Gasteiger charge is -2.09. The first-order valence-corrected chi connectivity index (χ1v) is 6.27. The van der Waals surface area contributed by atoms with Gasteiger partial charge < -0.3 is 16.3 Å². The summed E-state index contributed by atoms with van der Waals surface area (Å²) in [5.74, 6) is -0.900. The van der Waals surface area contributed by atoms with Gasteiger partial charge in [0.2, 0.25) is 0 Å². The van der Waals surface area contributed by atoms with Gasteiger partial charge in [-0.2, -0.15) is 0 Å². The largest absolute Gasteiger partial charge is 0.409 e. The summed E-state index contributed by atoms with van der Waals surface area (Å²) < 4.78 is 27.0. The number of rotatable bonds is 4. The van der Waals surface area contributed by atoms with Crippen LogP contribution in [0.25, 0.3) is 0 Å². The molecule has 0 radical (unpaired) electrons. The molecule has 0 heterocycles. The first-order chi connectivity index (χ1) is 10.0. The molecule has 2 rings (SSSR count). The first-order valence-electron chi connectivity index (χ1n) is 6.27. The van der Waals surface area contributed by atoms with E-state index in [1.807, 2.05) is 0 Å². The van der Waals surface area contributed by atoms with Crippen LogP contribution in [0.15, 0.2) is 41.6 Å². The lowest BCUT2D eigenvalue weighted by molar-refractivity contribution is 0.318. The van der Waals surface area contributed by atoms with Crippen molar-refractivity contribution in [2.24, 2.45) is 10.9 Å². The normalized spacial score (nSPS) is 11.5. The Morgan fingerprint density at radius 2 is 1.95 bits per heavy atom. The fraction of sp³-hybridized carbons (Fsp3) is 0.133. The van der Waals surface area contributed by atoms with Gasteiger partial charge >= 0.3 is 0 Å². The first kappa shape index (κ1) is 14.8. The molecule has 110 valence electrons. The zero-order valence-corrected chi connectivity index (χ0v) is 11.4. The van der Waals surface area contributed by atoms with Crippen LogP contribution < -0.4 is 11.1 Å². The molecule has 0 amide bonds. The predicted molar refractivity (Wildman–Crippen MR) is 77.4 cm³/mol. The van der Waals surface area contributed by atoms with Crippen LogP contribution in [0.5, 0.6) is 0 Å². The third-order valence-electron chi connectivity index (χ3n) is 3.10. The Bertz CT molecular complexity index is 687. The van der Waals surface area contributed by atoms with Crippen LogP contribution in [0.2, 0.25) is 0 Å². The highest BCUT2D eigenvalue weighted by Crippen LogP contribution is 2.16. The van der Waals surface area contributed by atoms with Gasteiger partial charge in [0.25, 0.3) is 0 Å². The molecule has 0 fully saturated rings. The zero-order chi connectivity index (χ0) is 15.4. The molecule has 0 aromatic heterocycles. The molecule has 2 aromatic rings. The summed E-state index contributed by atoms with van der Waals surface area (Å²) in [6.07, 6.45) is 0. The average Bonchev–Trinajstić information content (AvgIpc) is 2.48. The summed E-state index contributed by atoms with van der Waals surface area (Å²) >= 11 is 0. The smallest absolute Gasteiger partial charge is 0.170 e. The van der Waals surface area contributed by atoms with E-state index in [4.69, 9.17) is 10.9 Å². The highest BCUT2D eigenvalue weighted by atomic mass is 19.1. The number of hydrogen-bond donors (Lipinski definition) is 3. The standard InChI is InChI=1S/C15H15F2N3O/c1-9-6-12(4-5-13(9)16)19-8-11-3-2-10(7-14(11)17)15(18)20-21/h2-7,19,21H,8H2,1H3,(H2,18,20). The Morgan fingerprint density at radius 1 is 1.19 bits per heavy atom. The molecule has 4 nitrogen and oxygen atoms in total. The number of oxime groups is 1. The lowest BCUT2D eigenvalue weighted by Crippen LogP contribution is -2.14. The number of nitrogens with one attached hydrogen (secondary N) is 1. The van der Waals surface area contributed by atoms with Crippen LogP contribution in [0, 0.1) is 18.6 Å². The van der Waals surface area contributed by atoms with Crippen molar-refractivity contribution in [1.82, 2.24) is 0 Å². The van der Waals surface area contributed by atoms with Gasteiger partial charge in [-0.3, -0.25) is 0 Å². The predicted octanol–water partition coefficient (Wildman–Crippen LogP) is 2.98. The minimum Gasteiger partial charge on any atom is -0.409 e. The third kappa shape index (κ3) is 3.47. The summed E-state index contributed by atoms with van der Waals surface area (Å²) in [6.45, 7) is 1.90. The monoisotopic (exact) mass is 291 g/mol. The molecular formula is C15H15F2N3O. The number of anilines is 1. The maximum atomic E-state index is 13.9. The van der Waals surface area contributed by atoms with Gasteiger partial charge in [-0.25, -0.2) is 8.78 Å². The van der Waals surface area contributed by atoms with Crippen molar-refractivity contribution in [3.05, 3.63) is 64.7 Å². The third-order valence-corrected chi connectivity index (χ3v) is 3.10. The summed E-state index contributed by atoms with van der Waals surface area (Å²) in [5, 5.41) is 14.4. The SMILES string of the molecule is Cc1cc(NCc2ccc(C(N)=NO)cc2F)ccc1F. The quantitative estimate of drug-likeness (QED) is 0.351. The fourth-order valence-corrected chi connectivity index (χ4v) is 1.86. The molecule has 0 bridgehead atoms. The van der Waals surface area contributed by atoms with Gasteiger partial charge in [0.05, 0.1) is 0 Å². The van der Waals surface area contributed by atoms with Crippen molar-refractivity contribution >= 4 is 11.5 Å². The molecule has 0 spiro atoms. The Kier molecular flexibility index (Phi) is 4.37. The molecule has 0 aliphatic heterocycles. The summed E-state index contributed by atoms with van der Waals surface area (Å²) in [6, 6.07) is 8.90. The van der Waals surface area contributed by atoms with Crippen LogP contribution in [0.1, 0.15) is 16.7 Å². The molecule has 21 heavy (non-hydrogen) atoms. The Morgan fingerprint density at radius 3 is 2.57 bits per heavy atom. The van der Waals surface area contributed by atoms with E-state index in [1.54, 1.807) is 31.2 Å². The zero-order valence-electron chi connectivity index (χ0n) is 11.4. The Balaban J connectivity index is 2.11. The van der Waals surface area contributed by atoms with Gasteiger partial charge in [0.15, 0.2) is 5.84 Å². The van der Waals surface area contributed by atoms with Crippen LogP contribution >= 0.6 is 0 Å². The van der Waals surface area contributed by atoms with Gasteiger partial charge in [0.1, 0.15) is 11.6 Å². The van der Waals surface area contributed by atoms with Crippen LogP contribution in [-0.4, -0.2) is 11.0 Å². The average molecular weight is 291 g/mol. The number of benzene rings is 2. The molecule has 2 aromatic carbocycles. The maximum Gasteiger partial charge on any atom is 0.170 e. The van der Waals surface area contributed by atoms with E-state index < -0.39 is 5.82 Å². The Hall–Kier alpha value is -2.63. The van der Waals surface area contributed by atoms with Gasteiger partial charge in [0, 0.05) is 23.4 Å². The van der Waals surface area contributed by atoms with Crippen molar-refractivity contribution in [2.75, 3.05) is 5.32 Å². The highest BCUT2D eigenvalue weighted by Gasteiger charge is 2.07. The van der Waals surface area contributed by atoms with E-state index in [0.717, 1.165) is 0 Å². The van der Waals surface area contributed by atoms with Crippen molar-refractivity contribution in [1.29, 1.82) is 0 Å². The second-order valence-corrected chi connectivity index (χ2v) is 4.61. The van der Waals surface area contributed by atoms with Gasteiger partial charge in [-0.1, -0.05) is 17.3 Å². The molecule has 0 saturated heterocycles. The molecule has 0 aliphatic carbocycles. The van der Waals surface area contributed by atoms with E-state index in [1.165, 1.54) is 12.1 Å². The van der Waals surface area contributed by atoms with Crippen molar-refractivity contribution in [3.8, 4) is 0 Å². The van der Waals surface area contributed by atoms with E-state index in [2.05, 4.69) is 10.5 Å². The van der Waals surface area contributed by atoms with Crippen LogP contribution in [-0.2, 0) is 6.54 Å². The van der Waals surface area contributed by atoms with Crippen LogP contribution in [0.3, 0.4) is 0 Å². The number of hydrogen-bond acceptors (Lipinski definition) is 3. The minimum atomic E-state index is -0.467. The number of amidine groups is 1. The van der Waals surface area contributed by atoms with E-state index in [-0.39, 0.29) is 18.2 Å². The second-order valence-electron chi connectivity index (χ2n) is 4.61. The van der Waals surface area contributed by atoms with Crippen molar-refractivity contribution in [2.45, 2.75) is 13.5 Å².